The van der Waals surface area contributed by atoms with Crippen LogP contribution in [0.5, 0.6) is 0 Å². The van der Waals surface area contributed by atoms with Gasteiger partial charge >= 0.3 is 0 Å². The van der Waals surface area contributed by atoms with Crippen molar-refractivity contribution in [2.24, 2.45) is 0 Å². The lowest BCUT2D eigenvalue weighted by atomic mass is 10.1. The topological polar surface area (TPSA) is 23.8 Å². The average Bonchev–Trinajstić information content (AvgIpc) is 2.03. The Kier molecular flexibility index (Phi) is 8.55. The molecular weight excluding hydrogens is 153 g/mol. The van der Waals surface area contributed by atoms with E-state index in [4.69, 9.17) is 5.26 Å². The van der Waals surface area contributed by atoms with Crippen molar-refractivity contribution < 1.29 is 4.39 Å². The van der Waals surface area contributed by atoms with Gasteiger partial charge in [-0.2, -0.15) is 5.26 Å². The van der Waals surface area contributed by atoms with Gasteiger partial charge < -0.3 is 0 Å². The highest BCUT2D eigenvalue weighted by molar-refractivity contribution is 5.41. The summed E-state index contributed by atoms with van der Waals surface area (Å²) < 4.78 is 12.0. The van der Waals surface area contributed by atoms with Crippen molar-refractivity contribution in [2.75, 3.05) is 0 Å². The average molecular weight is 167 g/mol. The number of halogens is 1. The van der Waals surface area contributed by atoms with Crippen LogP contribution in [0.4, 0.5) is 4.39 Å². The number of hydrogen-bond acceptors (Lipinski definition) is 1. The fourth-order valence-electron chi connectivity index (χ4n) is 0.408. The Labute approximate surface area is 73.5 Å². The second-order valence-electron chi connectivity index (χ2n) is 1.90. The zero-order valence-electron chi connectivity index (χ0n) is 7.82. The summed E-state index contributed by atoms with van der Waals surface area (Å²) in [7, 11) is 0. The molecule has 2 heteroatoms. The number of hydrogen-bond donors (Lipinski definition) is 0. The molecule has 1 nitrogen and oxygen atoms in total. The number of allylic oxidation sites excluding steroid dienone is 4. The molecule has 12 heavy (non-hydrogen) atoms. The van der Waals surface area contributed by atoms with E-state index in [1.54, 1.807) is 13.0 Å². The molecule has 0 rings (SSSR count). The van der Waals surface area contributed by atoms with E-state index in [2.05, 4.69) is 13.2 Å². The molecule has 0 saturated carbocycles. The van der Waals surface area contributed by atoms with Crippen LogP contribution in [0.3, 0.4) is 0 Å². The fourth-order valence-corrected chi connectivity index (χ4v) is 0.408. The highest BCUT2D eigenvalue weighted by Crippen LogP contribution is 2.08. The number of rotatable bonds is 2. The second-order valence-corrected chi connectivity index (χ2v) is 1.90. The van der Waals surface area contributed by atoms with Crippen LogP contribution >= 0.6 is 0 Å². The first-order chi connectivity index (χ1) is 5.57. The van der Waals surface area contributed by atoms with Crippen molar-refractivity contribution in [2.45, 2.75) is 20.8 Å². The Morgan fingerprint density at radius 2 is 1.83 bits per heavy atom. The summed E-state index contributed by atoms with van der Waals surface area (Å²) in [5, 5.41) is 8.36. The predicted molar refractivity (Wildman–Crippen MR) is 50.1 cm³/mol. The Bertz CT molecular complexity index is 231. The van der Waals surface area contributed by atoms with Crippen LogP contribution in [-0.4, -0.2) is 0 Å². The molecule has 0 radical (unpaired) electrons. The molecule has 0 aliphatic carbocycles. The van der Waals surface area contributed by atoms with Crippen LogP contribution in [0.2, 0.25) is 0 Å². The van der Waals surface area contributed by atoms with Gasteiger partial charge in [-0.3, -0.25) is 0 Å². The maximum Gasteiger partial charge on any atom is 0.117 e. The van der Waals surface area contributed by atoms with Crippen molar-refractivity contribution in [1.82, 2.24) is 0 Å². The van der Waals surface area contributed by atoms with Crippen LogP contribution in [0.25, 0.3) is 0 Å². The van der Waals surface area contributed by atoms with Gasteiger partial charge in [-0.15, -0.1) is 0 Å². The van der Waals surface area contributed by atoms with Gasteiger partial charge in [0, 0.05) is 0 Å². The molecule has 0 saturated heterocycles. The lowest BCUT2D eigenvalue weighted by Gasteiger charge is -1.91. The van der Waals surface area contributed by atoms with Crippen molar-refractivity contribution in [1.29, 1.82) is 5.26 Å². The highest BCUT2D eigenvalue weighted by atomic mass is 19.1. The summed E-state index contributed by atoms with van der Waals surface area (Å²) in [6.45, 7) is 12.1. The predicted octanol–water partition coefficient (Wildman–Crippen LogP) is 3.52. The molecule has 0 N–H and O–H groups in total. The monoisotopic (exact) mass is 167 g/mol. The zero-order valence-corrected chi connectivity index (χ0v) is 7.82. The Morgan fingerprint density at radius 1 is 1.42 bits per heavy atom. The van der Waals surface area contributed by atoms with Crippen LogP contribution in [0, 0.1) is 11.3 Å². The van der Waals surface area contributed by atoms with Gasteiger partial charge in [0.05, 0.1) is 11.6 Å². The smallest absolute Gasteiger partial charge is 0.117 e. The van der Waals surface area contributed by atoms with Gasteiger partial charge in [0.1, 0.15) is 5.83 Å². The van der Waals surface area contributed by atoms with Crippen LogP contribution in [-0.2, 0) is 0 Å². The molecule has 0 aromatic rings. The summed E-state index contributed by atoms with van der Waals surface area (Å²) in [5.74, 6) is -0.625. The van der Waals surface area contributed by atoms with E-state index >= 15 is 0 Å². The van der Waals surface area contributed by atoms with Gasteiger partial charge in [0.2, 0.25) is 0 Å². The third kappa shape index (κ3) is 6.76. The van der Waals surface area contributed by atoms with Crippen LogP contribution < -0.4 is 0 Å². The molecule has 0 fully saturated rings. The molecular formula is C10H14FN. The molecule has 0 bridgehead atoms. The normalized spacial score (nSPS) is 9.08. The van der Waals surface area contributed by atoms with E-state index < -0.39 is 5.83 Å². The SMILES string of the molecule is C=C(F)/C=C(/C#N)C(=C)C.CC. The van der Waals surface area contributed by atoms with Gasteiger partial charge in [0.25, 0.3) is 0 Å². The Balaban J connectivity index is 0. The van der Waals surface area contributed by atoms with Gasteiger partial charge in [0.15, 0.2) is 0 Å². The van der Waals surface area contributed by atoms with Gasteiger partial charge in [-0.25, -0.2) is 4.39 Å². The summed E-state index contributed by atoms with van der Waals surface area (Å²) in [4.78, 5) is 0. The van der Waals surface area contributed by atoms with E-state index in [-0.39, 0.29) is 5.57 Å². The van der Waals surface area contributed by atoms with E-state index in [9.17, 15) is 4.39 Å². The van der Waals surface area contributed by atoms with E-state index in [0.29, 0.717) is 5.57 Å². The summed E-state index contributed by atoms with van der Waals surface area (Å²) in [6, 6.07) is 1.79. The zero-order chi connectivity index (χ0) is 10.1. The van der Waals surface area contributed by atoms with Crippen LogP contribution in [0.1, 0.15) is 20.8 Å². The minimum atomic E-state index is -0.625. The first-order valence-corrected chi connectivity index (χ1v) is 3.70. The molecule has 0 unspecified atom stereocenters. The minimum Gasteiger partial charge on any atom is -0.208 e. The Morgan fingerprint density at radius 3 is 1.92 bits per heavy atom. The molecule has 0 aliphatic heterocycles. The quantitative estimate of drug-likeness (QED) is 0.456. The van der Waals surface area contributed by atoms with E-state index in [0.717, 1.165) is 6.08 Å². The number of nitrogens with zero attached hydrogens (tertiary/aromatic N) is 1. The third-order valence-corrected chi connectivity index (χ3v) is 0.881. The van der Waals surface area contributed by atoms with Gasteiger partial charge in [-0.1, -0.05) is 27.0 Å². The molecule has 0 aliphatic rings. The first-order valence-electron chi connectivity index (χ1n) is 3.70. The van der Waals surface area contributed by atoms with Crippen molar-refractivity contribution in [3.63, 3.8) is 0 Å². The fraction of sp³-hybridized carbons (Fsp3) is 0.300. The van der Waals surface area contributed by atoms with Gasteiger partial charge in [-0.05, 0) is 18.6 Å². The molecule has 0 aromatic carbocycles. The van der Waals surface area contributed by atoms with Crippen molar-refractivity contribution in [3.05, 3.63) is 36.2 Å². The molecule has 66 valence electrons. The second kappa shape index (κ2) is 7.74. The first kappa shape index (κ1) is 13.2. The van der Waals surface area contributed by atoms with Crippen LogP contribution in [0.15, 0.2) is 36.2 Å². The molecule has 0 atom stereocenters. The van der Waals surface area contributed by atoms with Crippen molar-refractivity contribution >= 4 is 0 Å². The summed E-state index contributed by atoms with van der Waals surface area (Å²) in [6.07, 6.45) is 1.06. The molecule has 0 amide bonds. The molecule has 0 spiro atoms. The molecule has 0 heterocycles. The number of nitriles is 1. The highest BCUT2D eigenvalue weighted by Gasteiger charge is 1.95. The lowest BCUT2D eigenvalue weighted by molar-refractivity contribution is 0.670. The minimum absolute atomic E-state index is 0.229. The largest absolute Gasteiger partial charge is 0.208 e. The maximum absolute atomic E-state index is 12.0. The van der Waals surface area contributed by atoms with Crippen molar-refractivity contribution in [3.8, 4) is 6.07 Å². The van der Waals surface area contributed by atoms with E-state index in [1.807, 2.05) is 13.8 Å². The van der Waals surface area contributed by atoms with E-state index in [1.165, 1.54) is 0 Å². The third-order valence-electron chi connectivity index (χ3n) is 0.881. The summed E-state index contributed by atoms with van der Waals surface area (Å²) in [5.41, 5.74) is 0.772. The standard InChI is InChI=1S/C8H8FN.C2H6/c1-6(2)8(5-10)4-7(3)9;1-2/h4H,1,3H2,2H3;1-2H3/b8-4-;. The lowest BCUT2D eigenvalue weighted by Crippen LogP contribution is -1.78. The Hall–Kier alpha value is -1.36. The molecule has 0 aromatic heterocycles. The summed E-state index contributed by atoms with van der Waals surface area (Å²) >= 11 is 0. The maximum atomic E-state index is 12.0.